The summed E-state index contributed by atoms with van der Waals surface area (Å²) in [4.78, 5) is 21.2. The predicted octanol–water partition coefficient (Wildman–Crippen LogP) is 1.52. The average Bonchev–Trinajstić information content (AvgIpc) is 3.40. The van der Waals surface area contributed by atoms with Gasteiger partial charge >= 0.3 is 7.12 Å². The van der Waals surface area contributed by atoms with Gasteiger partial charge in [-0.05, 0) is 24.0 Å². The van der Waals surface area contributed by atoms with Crippen molar-refractivity contribution in [1.82, 2.24) is 9.97 Å². The van der Waals surface area contributed by atoms with Crippen LogP contribution in [0.5, 0.6) is 5.88 Å². The van der Waals surface area contributed by atoms with Crippen LogP contribution in [-0.4, -0.2) is 39.6 Å². The molecule has 5 N–H and O–H groups in total. The molecule has 10 heteroatoms. The molecular formula is C23H21BN4O5. The molecule has 1 aliphatic rings. The average molecular weight is 444 g/mol. The zero-order valence-corrected chi connectivity index (χ0v) is 17.8. The Morgan fingerprint density at radius 2 is 2.03 bits per heavy atom. The summed E-state index contributed by atoms with van der Waals surface area (Å²) in [6.45, 7) is 2.71. The van der Waals surface area contributed by atoms with Crippen LogP contribution >= 0.6 is 0 Å². The van der Waals surface area contributed by atoms with Crippen molar-refractivity contribution in [3.8, 4) is 17.3 Å². The highest BCUT2D eigenvalue weighted by Crippen LogP contribution is 2.38. The first-order valence-corrected chi connectivity index (χ1v) is 10.5. The summed E-state index contributed by atoms with van der Waals surface area (Å²) in [7, 11) is -1.53. The topological polar surface area (TPSA) is 144 Å². The van der Waals surface area contributed by atoms with Crippen LogP contribution in [0.1, 0.15) is 27.2 Å². The number of rotatable bonds is 6. The van der Waals surface area contributed by atoms with E-state index in [9.17, 15) is 14.8 Å². The van der Waals surface area contributed by atoms with Crippen LogP contribution in [0.25, 0.3) is 22.4 Å². The predicted molar refractivity (Wildman–Crippen MR) is 123 cm³/mol. The highest BCUT2D eigenvalue weighted by Gasteiger charge is 2.25. The summed E-state index contributed by atoms with van der Waals surface area (Å²) < 4.78 is 11.6. The van der Waals surface area contributed by atoms with Crippen LogP contribution in [0.4, 0.5) is 5.82 Å². The third kappa shape index (κ3) is 3.79. The third-order valence-electron chi connectivity index (χ3n) is 5.65. The van der Waals surface area contributed by atoms with Gasteiger partial charge in [0.05, 0.1) is 23.3 Å². The van der Waals surface area contributed by atoms with Crippen LogP contribution < -0.4 is 21.3 Å². The molecule has 0 fully saturated rings. The maximum Gasteiger partial charge on any atom is 0.488 e. The van der Waals surface area contributed by atoms with Crippen molar-refractivity contribution in [3.63, 3.8) is 0 Å². The number of aryl methyl sites for hydroxylation is 1. The van der Waals surface area contributed by atoms with E-state index in [0.29, 0.717) is 70.4 Å². The lowest BCUT2D eigenvalue weighted by atomic mass is 9.79. The SMILES string of the molecule is Cc1oc2c(C(N)=O)cccc2c1-c1nc(NCc2cccc(B(O)O)c2)c2c(n1)OCC2. The summed E-state index contributed by atoms with van der Waals surface area (Å²) in [5, 5.41) is 22.9. The number of ether oxygens (including phenoxy) is 1. The van der Waals surface area contributed by atoms with Crippen molar-refractivity contribution < 1.29 is 24.0 Å². The second kappa shape index (κ2) is 8.23. The van der Waals surface area contributed by atoms with Gasteiger partial charge in [-0.3, -0.25) is 4.79 Å². The van der Waals surface area contributed by atoms with Crippen molar-refractivity contribution in [2.75, 3.05) is 11.9 Å². The molecule has 5 rings (SSSR count). The van der Waals surface area contributed by atoms with Crippen LogP contribution in [0.2, 0.25) is 0 Å². The fourth-order valence-electron chi connectivity index (χ4n) is 4.07. The van der Waals surface area contributed by atoms with E-state index < -0.39 is 13.0 Å². The first-order chi connectivity index (χ1) is 15.9. The second-order valence-electron chi connectivity index (χ2n) is 7.83. The van der Waals surface area contributed by atoms with Gasteiger partial charge in [0.15, 0.2) is 5.82 Å². The third-order valence-corrected chi connectivity index (χ3v) is 5.65. The number of furan rings is 1. The van der Waals surface area contributed by atoms with Gasteiger partial charge in [-0.15, -0.1) is 0 Å². The van der Waals surface area contributed by atoms with E-state index in [2.05, 4.69) is 10.3 Å². The summed E-state index contributed by atoms with van der Waals surface area (Å²) >= 11 is 0. The van der Waals surface area contributed by atoms with Gasteiger partial charge in [0.25, 0.3) is 5.91 Å². The molecule has 0 saturated carbocycles. The Morgan fingerprint density at radius 3 is 2.82 bits per heavy atom. The minimum absolute atomic E-state index is 0.295. The maximum atomic E-state index is 11.8. The molecule has 0 aliphatic carbocycles. The fraction of sp³-hybridized carbons (Fsp3) is 0.174. The zero-order valence-electron chi connectivity index (χ0n) is 17.8. The summed E-state index contributed by atoms with van der Waals surface area (Å²) in [6, 6.07) is 12.2. The molecule has 1 amide bonds. The number of anilines is 1. The molecule has 2 aromatic carbocycles. The maximum absolute atomic E-state index is 11.8. The van der Waals surface area contributed by atoms with Gasteiger partial charge in [-0.25, -0.2) is 4.98 Å². The molecule has 166 valence electrons. The Hall–Kier alpha value is -3.89. The number of carbonyl (C=O) groups is 1. The molecule has 0 bridgehead atoms. The van der Waals surface area contributed by atoms with E-state index in [1.165, 1.54) is 0 Å². The molecule has 0 unspecified atom stereocenters. The summed E-state index contributed by atoms with van der Waals surface area (Å²) in [5.74, 6) is 1.53. The van der Waals surface area contributed by atoms with Gasteiger partial charge in [-0.2, -0.15) is 4.98 Å². The quantitative estimate of drug-likeness (QED) is 0.328. The summed E-state index contributed by atoms with van der Waals surface area (Å²) in [6.07, 6.45) is 0.671. The smallest absolute Gasteiger partial charge is 0.477 e. The van der Waals surface area contributed by atoms with Crippen molar-refractivity contribution >= 4 is 35.3 Å². The molecule has 3 heterocycles. The van der Waals surface area contributed by atoms with Gasteiger partial charge < -0.3 is 30.3 Å². The monoisotopic (exact) mass is 444 g/mol. The highest BCUT2D eigenvalue weighted by molar-refractivity contribution is 6.58. The largest absolute Gasteiger partial charge is 0.488 e. The molecular weight excluding hydrogens is 423 g/mol. The molecule has 9 nitrogen and oxygen atoms in total. The van der Waals surface area contributed by atoms with Crippen LogP contribution in [0.15, 0.2) is 46.9 Å². The molecule has 0 radical (unpaired) electrons. The number of fused-ring (bicyclic) bond motifs is 2. The number of amides is 1. The molecule has 1 aliphatic heterocycles. The normalized spacial score (nSPS) is 12.5. The Bertz CT molecular complexity index is 1390. The number of aromatic nitrogens is 2. The van der Waals surface area contributed by atoms with Crippen molar-refractivity contribution in [2.45, 2.75) is 19.9 Å². The number of hydrogen-bond acceptors (Lipinski definition) is 8. The summed E-state index contributed by atoms with van der Waals surface area (Å²) in [5.41, 5.74) is 9.02. The number of nitrogens with one attached hydrogen (secondary N) is 1. The van der Waals surface area contributed by atoms with Crippen LogP contribution in [-0.2, 0) is 13.0 Å². The van der Waals surface area contributed by atoms with Crippen LogP contribution in [0.3, 0.4) is 0 Å². The van der Waals surface area contributed by atoms with Gasteiger partial charge in [-0.1, -0.05) is 36.4 Å². The van der Waals surface area contributed by atoms with E-state index in [-0.39, 0.29) is 0 Å². The number of para-hydroxylation sites is 1. The van der Waals surface area contributed by atoms with E-state index >= 15 is 0 Å². The van der Waals surface area contributed by atoms with E-state index in [1.807, 2.05) is 12.1 Å². The Labute approximate surface area is 189 Å². The molecule has 33 heavy (non-hydrogen) atoms. The highest BCUT2D eigenvalue weighted by atomic mass is 16.5. The first-order valence-electron chi connectivity index (χ1n) is 10.5. The molecule has 0 spiro atoms. The Morgan fingerprint density at radius 1 is 1.21 bits per heavy atom. The minimum atomic E-state index is -1.53. The zero-order chi connectivity index (χ0) is 23.1. The van der Waals surface area contributed by atoms with E-state index in [0.717, 1.165) is 11.1 Å². The van der Waals surface area contributed by atoms with Crippen molar-refractivity contribution in [2.24, 2.45) is 5.73 Å². The number of nitrogens with zero attached hydrogens (tertiary/aromatic N) is 2. The van der Waals surface area contributed by atoms with Gasteiger partial charge in [0.1, 0.15) is 17.2 Å². The molecule has 0 atom stereocenters. The minimum Gasteiger partial charge on any atom is -0.477 e. The number of primary amides is 1. The fourth-order valence-corrected chi connectivity index (χ4v) is 4.07. The van der Waals surface area contributed by atoms with Crippen LogP contribution in [0, 0.1) is 6.92 Å². The number of benzene rings is 2. The Balaban J connectivity index is 1.56. The number of nitrogens with two attached hydrogens (primary N) is 1. The van der Waals surface area contributed by atoms with Gasteiger partial charge in [0, 0.05) is 18.4 Å². The van der Waals surface area contributed by atoms with Crippen molar-refractivity contribution in [1.29, 1.82) is 0 Å². The second-order valence-corrected chi connectivity index (χ2v) is 7.83. The standard InChI is InChI=1S/C23H21BN4O5/c1-12-18(15-6-3-7-16(20(25)29)19(15)33-12)22-27-21(17-8-9-32-23(17)28-22)26-11-13-4-2-5-14(10-13)24(30)31/h2-7,10,30-31H,8-9,11H2,1H3,(H2,25,29)(H,26,27,28). The van der Waals surface area contributed by atoms with E-state index in [1.54, 1.807) is 37.3 Å². The number of carbonyl (C=O) groups excluding carboxylic acids is 1. The Kier molecular flexibility index (Phi) is 5.23. The molecule has 0 saturated heterocycles. The van der Waals surface area contributed by atoms with Gasteiger partial charge in [0.2, 0.25) is 5.88 Å². The first kappa shape index (κ1) is 21.0. The van der Waals surface area contributed by atoms with Crippen molar-refractivity contribution in [3.05, 3.63) is 64.9 Å². The molecule has 2 aromatic heterocycles. The molecule has 4 aromatic rings. The number of hydrogen-bond donors (Lipinski definition) is 4. The van der Waals surface area contributed by atoms with E-state index in [4.69, 9.17) is 19.9 Å². The lowest BCUT2D eigenvalue weighted by Gasteiger charge is -2.12. The lowest BCUT2D eigenvalue weighted by molar-refractivity contribution is 0.100. The lowest BCUT2D eigenvalue weighted by Crippen LogP contribution is -2.30.